The van der Waals surface area contributed by atoms with Gasteiger partial charge in [0.25, 0.3) is 0 Å². The molecule has 0 saturated carbocycles. The maximum Gasteiger partial charge on any atom is 0.326 e. The van der Waals surface area contributed by atoms with E-state index in [1.165, 1.54) is 18.2 Å². The molecule has 6 nitrogen and oxygen atoms in total. The van der Waals surface area contributed by atoms with E-state index in [1.807, 2.05) is 0 Å². The van der Waals surface area contributed by atoms with Crippen LogP contribution in [0.4, 0.5) is 9.18 Å². The highest BCUT2D eigenvalue weighted by molar-refractivity contribution is 6.30. The Morgan fingerprint density at radius 1 is 1.48 bits per heavy atom. The van der Waals surface area contributed by atoms with Crippen LogP contribution in [0.25, 0.3) is 0 Å². The third-order valence-electron chi connectivity index (χ3n) is 3.25. The van der Waals surface area contributed by atoms with Crippen LogP contribution in [0.5, 0.6) is 0 Å². The molecular formula is C13H14ClFN2O4. The summed E-state index contributed by atoms with van der Waals surface area (Å²) in [6, 6.07) is 2.39. The Bertz CT molecular complexity index is 569. The molecule has 1 saturated heterocycles. The highest BCUT2D eigenvalue weighted by Gasteiger charge is 2.38. The number of halogens is 2. The molecule has 0 spiro atoms. The summed E-state index contributed by atoms with van der Waals surface area (Å²) in [4.78, 5) is 24.1. The molecule has 3 N–H and O–H groups in total. The number of carboxylic acid groups (broad SMARTS) is 1. The number of aliphatic hydroxyl groups is 1. The lowest BCUT2D eigenvalue weighted by Gasteiger charge is -2.21. The molecule has 1 aliphatic rings. The number of likely N-dealkylation sites (tertiary alicyclic amines) is 1. The standard InChI is InChI=1S/C13H14ClFN2O4/c14-9-3-7(1-2-10(9)15)5-16-13(21)17-6-8(18)4-11(17)12(19)20/h1-3,8,11,18H,4-6H2,(H,16,21)(H,19,20)/t8-,11+/m1/s1. The second-order valence-electron chi connectivity index (χ2n) is 4.80. The van der Waals surface area contributed by atoms with E-state index in [2.05, 4.69) is 5.32 Å². The summed E-state index contributed by atoms with van der Waals surface area (Å²) in [7, 11) is 0. The van der Waals surface area contributed by atoms with Crippen LogP contribution in [-0.4, -0.2) is 45.8 Å². The first kappa shape index (κ1) is 15.5. The van der Waals surface area contributed by atoms with Crippen molar-refractivity contribution in [1.82, 2.24) is 10.2 Å². The van der Waals surface area contributed by atoms with E-state index in [1.54, 1.807) is 0 Å². The number of nitrogens with one attached hydrogen (secondary N) is 1. The fourth-order valence-electron chi connectivity index (χ4n) is 2.20. The van der Waals surface area contributed by atoms with Crippen molar-refractivity contribution in [3.05, 3.63) is 34.6 Å². The third kappa shape index (κ3) is 3.62. The van der Waals surface area contributed by atoms with Gasteiger partial charge in [-0.1, -0.05) is 17.7 Å². The van der Waals surface area contributed by atoms with Gasteiger partial charge in [-0.05, 0) is 17.7 Å². The molecule has 1 fully saturated rings. The second kappa shape index (κ2) is 6.28. The maximum absolute atomic E-state index is 13.0. The SMILES string of the molecule is O=C(O)[C@@H]1C[C@@H](O)CN1C(=O)NCc1ccc(F)c(Cl)c1. The van der Waals surface area contributed by atoms with Gasteiger partial charge in [0.15, 0.2) is 0 Å². The molecule has 1 aromatic rings. The Labute approximate surface area is 125 Å². The van der Waals surface area contributed by atoms with Crippen LogP contribution in [0.2, 0.25) is 5.02 Å². The van der Waals surface area contributed by atoms with Crippen molar-refractivity contribution in [2.24, 2.45) is 0 Å². The molecule has 21 heavy (non-hydrogen) atoms. The van der Waals surface area contributed by atoms with Gasteiger partial charge in [0.2, 0.25) is 0 Å². The summed E-state index contributed by atoms with van der Waals surface area (Å²) < 4.78 is 13.0. The third-order valence-corrected chi connectivity index (χ3v) is 3.54. The highest BCUT2D eigenvalue weighted by atomic mass is 35.5. The largest absolute Gasteiger partial charge is 0.480 e. The number of hydrogen-bond acceptors (Lipinski definition) is 3. The summed E-state index contributed by atoms with van der Waals surface area (Å²) >= 11 is 5.63. The maximum atomic E-state index is 13.0. The van der Waals surface area contributed by atoms with Gasteiger partial charge in [-0.15, -0.1) is 0 Å². The number of carbonyl (C=O) groups excluding carboxylic acids is 1. The van der Waals surface area contributed by atoms with Crippen molar-refractivity contribution in [2.75, 3.05) is 6.54 Å². The van der Waals surface area contributed by atoms with Gasteiger partial charge in [-0.3, -0.25) is 0 Å². The van der Waals surface area contributed by atoms with Gasteiger partial charge >= 0.3 is 12.0 Å². The molecule has 1 heterocycles. The van der Waals surface area contributed by atoms with E-state index in [9.17, 15) is 19.1 Å². The van der Waals surface area contributed by atoms with E-state index >= 15 is 0 Å². The number of amides is 2. The quantitative estimate of drug-likeness (QED) is 0.782. The Kier molecular flexibility index (Phi) is 4.64. The van der Waals surface area contributed by atoms with E-state index in [0.29, 0.717) is 5.56 Å². The van der Waals surface area contributed by atoms with Crippen LogP contribution < -0.4 is 5.32 Å². The van der Waals surface area contributed by atoms with Crippen molar-refractivity contribution < 1.29 is 24.2 Å². The Balaban J connectivity index is 1.97. The van der Waals surface area contributed by atoms with Crippen LogP contribution in [0.15, 0.2) is 18.2 Å². The van der Waals surface area contributed by atoms with Crippen molar-refractivity contribution in [3.63, 3.8) is 0 Å². The average Bonchev–Trinajstić information content (AvgIpc) is 2.82. The van der Waals surface area contributed by atoms with E-state index in [0.717, 1.165) is 4.90 Å². The number of nitrogens with zero attached hydrogens (tertiary/aromatic N) is 1. The zero-order valence-corrected chi connectivity index (χ0v) is 11.7. The van der Waals surface area contributed by atoms with E-state index < -0.39 is 30.0 Å². The van der Waals surface area contributed by atoms with Gasteiger partial charge in [0, 0.05) is 19.5 Å². The topological polar surface area (TPSA) is 89.9 Å². The first-order chi connectivity index (χ1) is 9.88. The van der Waals surface area contributed by atoms with Crippen molar-refractivity contribution >= 4 is 23.6 Å². The minimum absolute atomic E-state index is 0.00509. The minimum Gasteiger partial charge on any atom is -0.480 e. The number of rotatable bonds is 3. The number of carboxylic acids is 1. The number of carbonyl (C=O) groups is 2. The number of benzene rings is 1. The Morgan fingerprint density at radius 2 is 2.19 bits per heavy atom. The molecule has 1 aromatic carbocycles. The molecule has 1 aliphatic heterocycles. The smallest absolute Gasteiger partial charge is 0.326 e. The lowest BCUT2D eigenvalue weighted by atomic mass is 10.2. The van der Waals surface area contributed by atoms with Gasteiger partial charge in [-0.2, -0.15) is 0 Å². The predicted octanol–water partition coefficient (Wildman–Crippen LogP) is 1.21. The molecule has 0 bridgehead atoms. The lowest BCUT2D eigenvalue weighted by molar-refractivity contribution is -0.141. The molecule has 114 valence electrons. The minimum atomic E-state index is -1.16. The Morgan fingerprint density at radius 3 is 2.81 bits per heavy atom. The molecule has 2 amide bonds. The number of urea groups is 1. The summed E-state index contributed by atoms with van der Waals surface area (Å²) in [6.45, 7) is 0.0464. The van der Waals surface area contributed by atoms with E-state index in [4.69, 9.17) is 16.7 Å². The summed E-state index contributed by atoms with van der Waals surface area (Å²) in [5, 5.41) is 21.0. The monoisotopic (exact) mass is 316 g/mol. The molecule has 0 aliphatic carbocycles. The lowest BCUT2D eigenvalue weighted by Crippen LogP contribution is -2.45. The first-order valence-electron chi connectivity index (χ1n) is 6.27. The van der Waals surface area contributed by atoms with Crippen molar-refractivity contribution in [1.29, 1.82) is 0 Å². The second-order valence-corrected chi connectivity index (χ2v) is 5.21. The predicted molar refractivity (Wildman–Crippen MR) is 72.4 cm³/mol. The number of β-amino-alcohol motifs (C(OH)–C–C–N with tert-alkyl or cyclic N) is 1. The summed E-state index contributed by atoms with van der Waals surface area (Å²) in [5.74, 6) is -1.72. The first-order valence-corrected chi connectivity index (χ1v) is 6.65. The number of aliphatic hydroxyl groups excluding tert-OH is 1. The van der Waals surface area contributed by atoms with Gasteiger partial charge in [0.05, 0.1) is 11.1 Å². The van der Waals surface area contributed by atoms with Crippen LogP contribution >= 0.6 is 11.6 Å². The fraction of sp³-hybridized carbons (Fsp3) is 0.385. The van der Waals surface area contributed by atoms with Crippen LogP contribution in [0.1, 0.15) is 12.0 Å². The molecule has 0 aromatic heterocycles. The van der Waals surface area contributed by atoms with Crippen LogP contribution in [-0.2, 0) is 11.3 Å². The molecule has 0 radical (unpaired) electrons. The van der Waals surface area contributed by atoms with Gasteiger partial charge in [0.1, 0.15) is 11.9 Å². The highest BCUT2D eigenvalue weighted by Crippen LogP contribution is 2.19. The van der Waals surface area contributed by atoms with Gasteiger partial charge in [-0.25, -0.2) is 14.0 Å². The fourth-order valence-corrected chi connectivity index (χ4v) is 2.40. The average molecular weight is 317 g/mol. The van der Waals surface area contributed by atoms with Crippen LogP contribution in [0.3, 0.4) is 0 Å². The molecule has 0 unspecified atom stereocenters. The summed E-state index contributed by atoms with van der Waals surface area (Å²) in [5.41, 5.74) is 0.585. The van der Waals surface area contributed by atoms with Crippen molar-refractivity contribution in [2.45, 2.75) is 25.1 Å². The number of hydrogen-bond donors (Lipinski definition) is 3. The summed E-state index contributed by atoms with van der Waals surface area (Å²) in [6.07, 6.45) is -0.845. The Hall–Kier alpha value is -1.86. The van der Waals surface area contributed by atoms with Crippen LogP contribution in [0, 0.1) is 5.82 Å². The molecular weight excluding hydrogens is 303 g/mol. The normalized spacial score (nSPS) is 21.4. The molecule has 8 heteroatoms. The molecule has 2 atom stereocenters. The number of aliphatic carboxylic acids is 1. The van der Waals surface area contributed by atoms with E-state index in [-0.39, 0.29) is 24.5 Å². The van der Waals surface area contributed by atoms with Crippen molar-refractivity contribution in [3.8, 4) is 0 Å². The van der Waals surface area contributed by atoms with Gasteiger partial charge < -0.3 is 20.4 Å². The zero-order chi connectivity index (χ0) is 15.6. The molecule has 2 rings (SSSR count). The zero-order valence-electron chi connectivity index (χ0n) is 10.9.